The second kappa shape index (κ2) is 9.18. The van der Waals surface area contributed by atoms with Gasteiger partial charge < -0.3 is 15.4 Å². The van der Waals surface area contributed by atoms with E-state index in [0.29, 0.717) is 18.8 Å². The standard InChI is InChI=1S/C24H24N4O3S/c29-23-15-32-22-10-9-18(12-21(22)27-23)28-14-19(31-24(28)30)13-25-11-3-5-17-8-7-16-4-1-2-6-20(16)26-17/h1-2,4,6-10,12,19,25H,3,5,11,13-15H2,(H,27,29). The summed E-state index contributed by atoms with van der Waals surface area (Å²) < 4.78 is 5.53. The lowest BCUT2D eigenvalue weighted by atomic mass is 10.1. The monoisotopic (exact) mass is 448 g/mol. The Morgan fingerprint density at radius 1 is 1.16 bits per heavy atom. The van der Waals surface area contributed by atoms with Gasteiger partial charge in [0, 0.05) is 28.2 Å². The van der Waals surface area contributed by atoms with E-state index in [9.17, 15) is 9.59 Å². The maximum absolute atomic E-state index is 12.4. The molecule has 3 heterocycles. The molecule has 32 heavy (non-hydrogen) atoms. The quantitative estimate of drug-likeness (QED) is 0.535. The van der Waals surface area contributed by atoms with Crippen LogP contribution in [0.5, 0.6) is 0 Å². The van der Waals surface area contributed by atoms with Crippen LogP contribution < -0.4 is 15.5 Å². The van der Waals surface area contributed by atoms with Gasteiger partial charge in [0.05, 0.1) is 23.5 Å². The Bertz CT molecular complexity index is 1170. The number of thioether (sulfide) groups is 1. The molecule has 0 aliphatic carbocycles. The first kappa shape index (κ1) is 20.8. The number of hydrogen-bond donors (Lipinski definition) is 2. The van der Waals surface area contributed by atoms with E-state index >= 15 is 0 Å². The van der Waals surface area contributed by atoms with E-state index < -0.39 is 0 Å². The van der Waals surface area contributed by atoms with Crippen LogP contribution >= 0.6 is 11.8 Å². The number of aromatic nitrogens is 1. The van der Waals surface area contributed by atoms with Crippen molar-refractivity contribution < 1.29 is 14.3 Å². The molecule has 2 N–H and O–H groups in total. The minimum absolute atomic E-state index is 0.0235. The molecule has 1 aromatic heterocycles. The molecule has 0 bridgehead atoms. The van der Waals surface area contributed by atoms with Gasteiger partial charge in [-0.25, -0.2) is 4.79 Å². The first-order valence-corrected chi connectivity index (χ1v) is 11.7. The van der Waals surface area contributed by atoms with Crippen molar-refractivity contribution in [3.63, 3.8) is 0 Å². The van der Waals surface area contributed by atoms with E-state index in [-0.39, 0.29) is 18.1 Å². The number of carbonyl (C=O) groups is 2. The van der Waals surface area contributed by atoms with E-state index in [1.807, 2.05) is 36.4 Å². The fourth-order valence-corrected chi connectivity index (χ4v) is 4.77. The molecule has 1 unspecified atom stereocenters. The van der Waals surface area contributed by atoms with E-state index in [1.165, 1.54) is 11.8 Å². The number of ether oxygens (including phenoxy) is 1. The normalized spacial score (nSPS) is 17.9. The van der Waals surface area contributed by atoms with Gasteiger partial charge in [0.2, 0.25) is 5.91 Å². The summed E-state index contributed by atoms with van der Waals surface area (Å²) in [7, 11) is 0. The zero-order chi connectivity index (χ0) is 21.9. The summed E-state index contributed by atoms with van der Waals surface area (Å²) in [6.45, 7) is 1.91. The zero-order valence-electron chi connectivity index (χ0n) is 17.5. The number of carbonyl (C=O) groups excluding carboxylic acids is 2. The first-order chi connectivity index (χ1) is 15.7. The van der Waals surface area contributed by atoms with Crippen LogP contribution in [0.2, 0.25) is 0 Å². The molecule has 7 nitrogen and oxygen atoms in total. The highest BCUT2D eigenvalue weighted by molar-refractivity contribution is 8.00. The molecule has 0 radical (unpaired) electrons. The van der Waals surface area contributed by atoms with E-state index in [0.717, 1.165) is 52.3 Å². The fraction of sp³-hybridized carbons (Fsp3) is 0.292. The number of nitrogens with zero attached hydrogens (tertiary/aromatic N) is 2. The van der Waals surface area contributed by atoms with E-state index in [1.54, 1.807) is 4.90 Å². The summed E-state index contributed by atoms with van der Waals surface area (Å²) >= 11 is 1.50. The van der Waals surface area contributed by atoms with E-state index in [4.69, 9.17) is 9.72 Å². The number of benzene rings is 2. The summed E-state index contributed by atoms with van der Waals surface area (Å²) in [5.41, 5.74) is 3.60. The number of anilines is 2. The van der Waals surface area contributed by atoms with Crippen LogP contribution in [0.1, 0.15) is 12.1 Å². The van der Waals surface area contributed by atoms with E-state index in [2.05, 4.69) is 28.8 Å². The van der Waals surface area contributed by atoms with Crippen LogP contribution in [0.3, 0.4) is 0 Å². The molecule has 1 fully saturated rings. The largest absolute Gasteiger partial charge is 0.443 e. The lowest BCUT2D eigenvalue weighted by Gasteiger charge is -2.20. The molecule has 8 heteroatoms. The predicted octanol–water partition coefficient (Wildman–Crippen LogP) is 3.83. The minimum Gasteiger partial charge on any atom is -0.443 e. The number of amides is 2. The molecule has 2 aliphatic heterocycles. The van der Waals surface area contributed by atoms with Gasteiger partial charge in [-0.2, -0.15) is 0 Å². The maximum atomic E-state index is 12.4. The van der Waals surface area contributed by atoms with Crippen molar-refractivity contribution in [1.82, 2.24) is 10.3 Å². The third-order valence-corrected chi connectivity index (χ3v) is 6.67. The summed E-state index contributed by atoms with van der Waals surface area (Å²) in [5.74, 6) is 0.396. The summed E-state index contributed by atoms with van der Waals surface area (Å²) in [4.78, 5) is 31.4. The molecule has 3 aromatic rings. The first-order valence-electron chi connectivity index (χ1n) is 10.8. The van der Waals surface area contributed by atoms with Crippen molar-refractivity contribution in [3.8, 4) is 0 Å². The van der Waals surface area contributed by atoms with Gasteiger partial charge in [-0.1, -0.05) is 24.3 Å². The predicted molar refractivity (Wildman–Crippen MR) is 126 cm³/mol. The SMILES string of the molecule is O=C1CSc2ccc(N3CC(CNCCCc4ccc5ccccc5n4)OC3=O)cc2N1. The van der Waals surface area contributed by atoms with Gasteiger partial charge in [0.15, 0.2) is 0 Å². The fourth-order valence-electron chi connectivity index (χ4n) is 3.98. The van der Waals surface area contributed by atoms with Crippen molar-refractivity contribution >= 4 is 46.0 Å². The molecule has 1 saturated heterocycles. The smallest absolute Gasteiger partial charge is 0.414 e. The number of pyridine rings is 1. The summed E-state index contributed by atoms with van der Waals surface area (Å²) in [6.07, 6.45) is 1.29. The van der Waals surface area contributed by atoms with Crippen molar-refractivity contribution in [2.75, 3.05) is 35.6 Å². The molecule has 2 amide bonds. The van der Waals surface area contributed by atoms with Gasteiger partial charge >= 0.3 is 6.09 Å². The van der Waals surface area contributed by atoms with Crippen LogP contribution in [-0.2, 0) is 16.0 Å². The Morgan fingerprint density at radius 3 is 3.00 bits per heavy atom. The molecule has 0 spiro atoms. The molecule has 2 aliphatic rings. The number of cyclic esters (lactones) is 1. The van der Waals surface area contributed by atoms with Crippen LogP contribution in [-0.4, -0.2) is 48.5 Å². The Hall–Kier alpha value is -3.10. The Labute approximate surface area is 190 Å². The van der Waals surface area contributed by atoms with Crippen LogP contribution in [0.4, 0.5) is 16.2 Å². The molecule has 0 saturated carbocycles. The number of para-hydroxylation sites is 1. The van der Waals surface area contributed by atoms with Gasteiger partial charge in [-0.3, -0.25) is 14.7 Å². The number of hydrogen-bond acceptors (Lipinski definition) is 6. The molecular formula is C24H24N4O3S. The highest BCUT2D eigenvalue weighted by atomic mass is 32.2. The Balaban J connectivity index is 1.10. The Kier molecular flexibility index (Phi) is 5.96. The third kappa shape index (κ3) is 4.56. The van der Waals surface area contributed by atoms with Crippen LogP contribution in [0.15, 0.2) is 59.5 Å². The lowest BCUT2D eigenvalue weighted by Crippen LogP contribution is -2.31. The minimum atomic E-state index is -0.355. The van der Waals surface area contributed by atoms with Crippen LogP contribution in [0.25, 0.3) is 10.9 Å². The van der Waals surface area contributed by atoms with Gasteiger partial charge in [0.1, 0.15) is 6.10 Å². The van der Waals surface area contributed by atoms with Gasteiger partial charge in [-0.15, -0.1) is 11.8 Å². The second-order valence-corrected chi connectivity index (χ2v) is 8.95. The van der Waals surface area contributed by atoms with Gasteiger partial charge in [0.25, 0.3) is 0 Å². The van der Waals surface area contributed by atoms with Crippen LogP contribution in [0, 0.1) is 0 Å². The summed E-state index contributed by atoms with van der Waals surface area (Å²) in [6, 6.07) is 18.0. The highest BCUT2D eigenvalue weighted by Gasteiger charge is 2.32. The number of nitrogens with one attached hydrogen (secondary N) is 2. The number of aryl methyl sites for hydroxylation is 1. The van der Waals surface area contributed by atoms with Crippen molar-refractivity contribution in [3.05, 3.63) is 60.3 Å². The third-order valence-electron chi connectivity index (χ3n) is 5.60. The molecule has 2 aromatic carbocycles. The number of rotatable bonds is 7. The molecule has 1 atom stereocenters. The summed E-state index contributed by atoms with van der Waals surface area (Å²) in [5, 5.41) is 7.41. The van der Waals surface area contributed by atoms with Crippen molar-refractivity contribution in [2.45, 2.75) is 23.8 Å². The Morgan fingerprint density at radius 2 is 2.06 bits per heavy atom. The second-order valence-electron chi connectivity index (χ2n) is 7.94. The maximum Gasteiger partial charge on any atom is 0.414 e. The topological polar surface area (TPSA) is 83.6 Å². The van der Waals surface area contributed by atoms with Crippen molar-refractivity contribution in [2.24, 2.45) is 0 Å². The molecular weight excluding hydrogens is 424 g/mol. The van der Waals surface area contributed by atoms with Gasteiger partial charge in [-0.05, 0) is 49.7 Å². The number of fused-ring (bicyclic) bond motifs is 2. The lowest BCUT2D eigenvalue weighted by molar-refractivity contribution is -0.113. The molecule has 164 valence electrons. The average molecular weight is 449 g/mol. The average Bonchev–Trinajstić information content (AvgIpc) is 3.18. The zero-order valence-corrected chi connectivity index (χ0v) is 18.4. The highest BCUT2D eigenvalue weighted by Crippen LogP contribution is 2.35. The van der Waals surface area contributed by atoms with Crippen molar-refractivity contribution in [1.29, 1.82) is 0 Å². The molecule has 5 rings (SSSR count).